The number of likely N-dealkylation sites (N-methyl/N-ethyl adjacent to an activating group) is 1. The molecule has 1 aromatic heterocycles. The summed E-state index contributed by atoms with van der Waals surface area (Å²) in [5.41, 5.74) is 0.683. The Labute approximate surface area is 119 Å². The predicted octanol–water partition coefficient (Wildman–Crippen LogP) is 1.43. The fourth-order valence-corrected chi connectivity index (χ4v) is 2.58. The second-order valence-electron chi connectivity index (χ2n) is 5.18. The summed E-state index contributed by atoms with van der Waals surface area (Å²) >= 11 is 0. The van der Waals surface area contributed by atoms with E-state index in [9.17, 15) is 4.79 Å². The van der Waals surface area contributed by atoms with Crippen LogP contribution in [-0.4, -0.2) is 53.7 Å². The van der Waals surface area contributed by atoms with Gasteiger partial charge in [0, 0.05) is 17.8 Å². The highest BCUT2D eigenvalue weighted by Gasteiger charge is 2.28. The number of carbonyl (C=O) groups excluding carboxylic acids is 1. The SMILES string of the molecule is COC(=O)c1nc(C)cc(O[C@@H](C)[C@@H]2CCCN2C)n1. The van der Waals surface area contributed by atoms with E-state index in [2.05, 4.69) is 26.7 Å². The minimum Gasteiger partial charge on any atom is -0.473 e. The molecule has 110 valence electrons. The van der Waals surface area contributed by atoms with Crippen LogP contribution in [0.5, 0.6) is 5.88 Å². The van der Waals surface area contributed by atoms with Crippen LogP contribution in [0, 0.1) is 6.92 Å². The summed E-state index contributed by atoms with van der Waals surface area (Å²) in [7, 11) is 3.41. The van der Waals surface area contributed by atoms with Crippen molar-refractivity contribution in [3.63, 3.8) is 0 Å². The van der Waals surface area contributed by atoms with Crippen molar-refractivity contribution in [3.8, 4) is 5.88 Å². The van der Waals surface area contributed by atoms with Crippen molar-refractivity contribution in [2.24, 2.45) is 0 Å². The predicted molar refractivity (Wildman–Crippen MR) is 73.9 cm³/mol. The first-order valence-corrected chi connectivity index (χ1v) is 6.82. The molecule has 1 aliphatic heterocycles. The third-order valence-electron chi connectivity index (χ3n) is 3.62. The second-order valence-corrected chi connectivity index (χ2v) is 5.18. The molecule has 0 aliphatic carbocycles. The van der Waals surface area contributed by atoms with Crippen LogP contribution in [-0.2, 0) is 4.74 Å². The first kappa shape index (κ1) is 14.7. The lowest BCUT2D eigenvalue weighted by Gasteiger charge is -2.26. The Kier molecular flexibility index (Phi) is 4.54. The smallest absolute Gasteiger partial charge is 0.376 e. The fraction of sp³-hybridized carbons (Fsp3) is 0.643. The van der Waals surface area contributed by atoms with Crippen molar-refractivity contribution >= 4 is 5.97 Å². The van der Waals surface area contributed by atoms with Gasteiger partial charge in [0.1, 0.15) is 6.10 Å². The number of aromatic nitrogens is 2. The molecular formula is C14H21N3O3. The van der Waals surface area contributed by atoms with E-state index in [0.717, 1.165) is 13.0 Å². The summed E-state index contributed by atoms with van der Waals surface area (Å²) in [5, 5.41) is 0. The number of hydrogen-bond donors (Lipinski definition) is 0. The molecule has 20 heavy (non-hydrogen) atoms. The summed E-state index contributed by atoms with van der Waals surface area (Å²) in [5.74, 6) is -0.0932. The number of aryl methyl sites for hydroxylation is 1. The van der Waals surface area contributed by atoms with Crippen molar-refractivity contribution in [1.29, 1.82) is 0 Å². The van der Waals surface area contributed by atoms with E-state index in [-0.39, 0.29) is 11.9 Å². The number of hydrogen-bond acceptors (Lipinski definition) is 6. The third kappa shape index (κ3) is 3.25. The van der Waals surface area contributed by atoms with E-state index >= 15 is 0 Å². The van der Waals surface area contributed by atoms with Crippen LogP contribution < -0.4 is 4.74 Å². The molecule has 1 saturated heterocycles. The third-order valence-corrected chi connectivity index (χ3v) is 3.62. The van der Waals surface area contributed by atoms with Crippen LogP contribution in [0.1, 0.15) is 36.1 Å². The molecule has 0 unspecified atom stereocenters. The van der Waals surface area contributed by atoms with Gasteiger partial charge < -0.3 is 9.47 Å². The molecule has 0 bridgehead atoms. The summed E-state index contributed by atoms with van der Waals surface area (Å²) < 4.78 is 10.5. The number of esters is 1. The molecule has 0 N–H and O–H groups in total. The van der Waals surface area contributed by atoms with E-state index in [0.29, 0.717) is 17.6 Å². The Balaban J connectivity index is 2.12. The molecule has 0 saturated carbocycles. The maximum Gasteiger partial charge on any atom is 0.376 e. The minimum atomic E-state index is -0.552. The molecule has 1 aliphatic rings. The Morgan fingerprint density at radius 3 is 2.85 bits per heavy atom. The maximum atomic E-state index is 11.5. The standard InChI is InChI=1S/C14H21N3O3/c1-9-8-12(16-13(15-9)14(18)19-4)20-10(2)11-6-5-7-17(11)3/h8,10-11H,5-7H2,1-4H3/t10-,11-/m0/s1. The molecule has 0 aromatic carbocycles. The van der Waals surface area contributed by atoms with Gasteiger partial charge in [0.15, 0.2) is 0 Å². The van der Waals surface area contributed by atoms with Crippen LogP contribution in [0.25, 0.3) is 0 Å². The summed E-state index contributed by atoms with van der Waals surface area (Å²) in [6.07, 6.45) is 2.32. The van der Waals surface area contributed by atoms with Gasteiger partial charge in [-0.3, -0.25) is 4.90 Å². The van der Waals surface area contributed by atoms with Gasteiger partial charge in [-0.2, -0.15) is 4.98 Å². The largest absolute Gasteiger partial charge is 0.473 e. The molecule has 6 nitrogen and oxygen atoms in total. The first-order chi connectivity index (χ1) is 9.51. The zero-order valence-corrected chi connectivity index (χ0v) is 12.4. The number of likely N-dealkylation sites (tertiary alicyclic amines) is 1. The number of carbonyl (C=O) groups is 1. The van der Waals surface area contributed by atoms with Crippen LogP contribution in [0.15, 0.2) is 6.07 Å². The lowest BCUT2D eigenvalue weighted by atomic mass is 10.1. The Morgan fingerprint density at radius 1 is 1.50 bits per heavy atom. The molecule has 0 spiro atoms. The van der Waals surface area contributed by atoms with E-state index in [4.69, 9.17) is 4.74 Å². The van der Waals surface area contributed by atoms with Gasteiger partial charge >= 0.3 is 5.97 Å². The maximum absolute atomic E-state index is 11.5. The average molecular weight is 279 g/mol. The number of ether oxygens (including phenoxy) is 2. The number of rotatable bonds is 4. The van der Waals surface area contributed by atoms with Crippen LogP contribution >= 0.6 is 0 Å². The quantitative estimate of drug-likeness (QED) is 0.777. The zero-order valence-electron chi connectivity index (χ0n) is 12.4. The van der Waals surface area contributed by atoms with Crippen molar-refractivity contribution in [1.82, 2.24) is 14.9 Å². The zero-order chi connectivity index (χ0) is 14.7. The van der Waals surface area contributed by atoms with Gasteiger partial charge in [0.25, 0.3) is 0 Å². The van der Waals surface area contributed by atoms with Crippen molar-refractivity contribution in [2.75, 3.05) is 20.7 Å². The Hall–Kier alpha value is -1.69. The summed E-state index contributed by atoms with van der Waals surface area (Å²) in [4.78, 5) is 22.0. The molecule has 1 fully saturated rings. The van der Waals surface area contributed by atoms with Gasteiger partial charge in [-0.25, -0.2) is 9.78 Å². The van der Waals surface area contributed by atoms with Gasteiger partial charge in [0.2, 0.25) is 11.7 Å². The highest BCUT2D eigenvalue weighted by Crippen LogP contribution is 2.21. The van der Waals surface area contributed by atoms with Crippen LogP contribution in [0.3, 0.4) is 0 Å². The first-order valence-electron chi connectivity index (χ1n) is 6.82. The second kappa shape index (κ2) is 6.17. The summed E-state index contributed by atoms with van der Waals surface area (Å²) in [6.45, 7) is 4.92. The normalized spacial score (nSPS) is 20.7. The lowest BCUT2D eigenvalue weighted by molar-refractivity contribution is 0.0582. The lowest BCUT2D eigenvalue weighted by Crippen LogP contribution is -2.38. The van der Waals surface area contributed by atoms with Gasteiger partial charge in [-0.05, 0) is 40.3 Å². The topological polar surface area (TPSA) is 64.6 Å². The highest BCUT2D eigenvalue weighted by molar-refractivity contribution is 5.85. The molecular weight excluding hydrogens is 258 g/mol. The average Bonchev–Trinajstić information content (AvgIpc) is 2.83. The number of nitrogens with zero attached hydrogens (tertiary/aromatic N) is 3. The van der Waals surface area contributed by atoms with E-state index < -0.39 is 5.97 Å². The molecule has 0 amide bonds. The van der Waals surface area contributed by atoms with E-state index in [1.807, 2.05) is 6.92 Å². The van der Waals surface area contributed by atoms with Gasteiger partial charge in [-0.15, -0.1) is 0 Å². The van der Waals surface area contributed by atoms with Crippen molar-refractivity contribution in [2.45, 2.75) is 38.8 Å². The Morgan fingerprint density at radius 2 is 2.25 bits per heavy atom. The molecule has 1 aromatic rings. The Bertz CT molecular complexity index is 493. The van der Waals surface area contributed by atoms with Crippen LogP contribution in [0.2, 0.25) is 0 Å². The monoisotopic (exact) mass is 279 g/mol. The van der Waals surface area contributed by atoms with Crippen LogP contribution in [0.4, 0.5) is 0 Å². The highest BCUT2D eigenvalue weighted by atomic mass is 16.5. The minimum absolute atomic E-state index is 0.0160. The number of methoxy groups -OCH3 is 1. The molecule has 0 radical (unpaired) electrons. The van der Waals surface area contributed by atoms with E-state index in [1.54, 1.807) is 13.0 Å². The molecule has 2 atom stereocenters. The van der Waals surface area contributed by atoms with Gasteiger partial charge in [0.05, 0.1) is 7.11 Å². The van der Waals surface area contributed by atoms with Gasteiger partial charge in [-0.1, -0.05) is 0 Å². The molecule has 6 heteroatoms. The van der Waals surface area contributed by atoms with Crippen molar-refractivity contribution in [3.05, 3.63) is 17.6 Å². The van der Waals surface area contributed by atoms with Crippen molar-refractivity contribution < 1.29 is 14.3 Å². The molecule has 2 heterocycles. The van der Waals surface area contributed by atoms with E-state index in [1.165, 1.54) is 13.5 Å². The summed E-state index contributed by atoms with van der Waals surface area (Å²) in [6, 6.07) is 2.12. The molecule has 2 rings (SSSR count). The fourth-order valence-electron chi connectivity index (χ4n) is 2.58.